The summed E-state index contributed by atoms with van der Waals surface area (Å²) in [7, 11) is -4.18. The van der Waals surface area contributed by atoms with E-state index >= 15 is 0 Å². The molecule has 0 aliphatic rings. The third kappa shape index (κ3) is 7.46. The molecule has 2 aromatic carbocycles. The van der Waals surface area contributed by atoms with Crippen molar-refractivity contribution in [1.29, 1.82) is 0 Å². The largest absolute Gasteiger partial charge is 0.481 e. The molecular weight excluding hydrogens is 377 g/mol. The van der Waals surface area contributed by atoms with Gasteiger partial charge < -0.3 is 24.9 Å². The fourth-order valence-corrected chi connectivity index (χ4v) is 2.97. The maximum Gasteiger partial charge on any atom is 0.362 e. The van der Waals surface area contributed by atoms with Gasteiger partial charge in [0.15, 0.2) is 6.35 Å². The summed E-state index contributed by atoms with van der Waals surface area (Å²) in [5.74, 6) is 0.411. The van der Waals surface area contributed by atoms with Crippen molar-refractivity contribution in [3.63, 3.8) is 0 Å². The van der Waals surface area contributed by atoms with Crippen molar-refractivity contribution in [3.05, 3.63) is 64.7 Å². The molecule has 0 radical (unpaired) electrons. The summed E-state index contributed by atoms with van der Waals surface area (Å²) in [6.45, 7) is 2.42. The Morgan fingerprint density at radius 2 is 1.88 bits per heavy atom. The fraction of sp³-hybridized carbons (Fsp3) is 0.333. The van der Waals surface area contributed by atoms with Gasteiger partial charge in [-0.1, -0.05) is 35.9 Å². The average molecular weight is 400 g/mol. The molecule has 2 rings (SSSR count). The van der Waals surface area contributed by atoms with Gasteiger partial charge in [0.1, 0.15) is 5.75 Å². The second kappa shape index (κ2) is 9.51. The molecule has 0 aromatic heterocycles. The van der Waals surface area contributed by atoms with Gasteiger partial charge in [0.2, 0.25) is 0 Å². The van der Waals surface area contributed by atoms with Crippen LogP contribution in [-0.4, -0.2) is 33.8 Å². The van der Waals surface area contributed by atoms with Gasteiger partial charge in [-0.2, -0.15) is 0 Å². The van der Waals surface area contributed by atoms with Crippen molar-refractivity contribution < 1.29 is 24.2 Å². The number of benzene rings is 2. The van der Waals surface area contributed by atoms with Gasteiger partial charge in [0, 0.05) is 17.6 Å². The normalized spacial score (nSPS) is 14.0. The van der Waals surface area contributed by atoms with E-state index in [1.54, 1.807) is 30.3 Å². The van der Waals surface area contributed by atoms with E-state index in [2.05, 4.69) is 5.32 Å². The molecule has 26 heavy (non-hydrogen) atoms. The topological polar surface area (TPSA) is 99.0 Å². The van der Waals surface area contributed by atoms with Crippen molar-refractivity contribution in [3.8, 4) is 5.75 Å². The number of halogens is 1. The first-order valence-electron chi connectivity index (χ1n) is 8.16. The lowest BCUT2D eigenvalue weighted by molar-refractivity contribution is 0.170. The third-order valence-corrected chi connectivity index (χ3v) is 4.46. The molecule has 2 aromatic rings. The number of aliphatic hydroxyl groups is 1. The Kier molecular flexibility index (Phi) is 7.65. The second-order valence-electron chi connectivity index (χ2n) is 6.17. The van der Waals surface area contributed by atoms with E-state index in [9.17, 15) is 9.67 Å². The Bertz CT molecular complexity index is 750. The standard InChI is InChI=1S/C18H23ClNO5P/c1-13(20-11-18(21)15-3-2-4-16(19)10-15)9-14-5-7-17(8-6-14)25-12-26(22,23)24/h2-8,10,13,18,20-21H,9,11-12H2,1H3,(H2,22,23,24)/t13?,18-/m0/s1. The molecule has 142 valence electrons. The molecule has 0 fully saturated rings. The highest BCUT2D eigenvalue weighted by Gasteiger charge is 2.14. The van der Waals surface area contributed by atoms with Crippen LogP contribution >= 0.6 is 19.2 Å². The number of rotatable bonds is 9. The average Bonchev–Trinajstić information content (AvgIpc) is 2.58. The van der Waals surface area contributed by atoms with Crippen LogP contribution < -0.4 is 10.1 Å². The first-order chi connectivity index (χ1) is 12.2. The van der Waals surface area contributed by atoms with Crippen molar-refractivity contribution in [2.75, 3.05) is 12.9 Å². The van der Waals surface area contributed by atoms with E-state index in [4.69, 9.17) is 26.1 Å². The van der Waals surface area contributed by atoms with Gasteiger partial charge >= 0.3 is 7.60 Å². The van der Waals surface area contributed by atoms with E-state index in [0.29, 0.717) is 17.3 Å². The number of aliphatic hydroxyl groups excluding tert-OH is 1. The zero-order chi connectivity index (χ0) is 19.2. The quantitative estimate of drug-likeness (QED) is 0.484. The number of ether oxygens (including phenoxy) is 1. The van der Waals surface area contributed by atoms with Crippen LogP contribution in [0, 0.1) is 0 Å². The Labute approximate surface area is 157 Å². The highest BCUT2D eigenvalue weighted by molar-refractivity contribution is 7.51. The molecule has 8 heteroatoms. The maximum atomic E-state index is 10.8. The highest BCUT2D eigenvalue weighted by atomic mass is 35.5. The molecular formula is C18H23ClNO5P. The van der Waals surface area contributed by atoms with Crippen LogP contribution in [-0.2, 0) is 11.0 Å². The minimum atomic E-state index is -4.18. The van der Waals surface area contributed by atoms with Gasteiger partial charge in [-0.25, -0.2) is 0 Å². The van der Waals surface area contributed by atoms with Crippen LogP contribution in [0.25, 0.3) is 0 Å². The van der Waals surface area contributed by atoms with Crippen molar-refractivity contribution in [2.24, 2.45) is 0 Å². The molecule has 2 atom stereocenters. The Morgan fingerprint density at radius 1 is 1.19 bits per heavy atom. The van der Waals surface area contributed by atoms with Gasteiger partial charge in [-0.05, 0) is 48.7 Å². The van der Waals surface area contributed by atoms with Gasteiger partial charge in [-0.3, -0.25) is 4.57 Å². The number of hydrogen-bond acceptors (Lipinski definition) is 4. The minimum absolute atomic E-state index is 0.130. The third-order valence-electron chi connectivity index (χ3n) is 3.76. The van der Waals surface area contributed by atoms with Crippen LogP contribution in [0.1, 0.15) is 24.2 Å². The lowest BCUT2D eigenvalue weighted by atomic mass is 10.1. The van der Waals surface area contributed by atoms with Gasteiger partial charge in [0.25, 0.3) is 0 Å². The second-order valence-corrected chi connectivity index (χ2v) is 8.19. The van der Waals surface area contributed by atoms with Gasteiger partial charge in [-0.15, -0.1) is 0 Å². The molecule has 0 aliphatic heterocycles. The van der Waals surface area contributed by atoms with E-state index in [1.807, 2.05) is 25.1 Å². The van der Waals surface area contributed by atoms with E-state index in [-0.39, 0.29) is 6.04 Å². The van der Waals surface area contributed by atoms with Crippen LogP contribution in [0.4, 0.5) is 0 Å². The molecule has 1 unspecified atom stereocenters. The van der Waals surface area contributed by atoms with Crippen molar-refractivity contribution in [2.45, 2.75) is 25.5 Å². The predicted octanol–water partition coefficient (Wildman–Crippen LogP) is 3.11. The monoisotopic (exact) mass is 399 g/mol. The first kappa shape index (κ1) is 20.9. The molecule has 0 saturated heterocycles. The summed E-state index contributed by atoms with van der Waals surface area (Å²) in [6, 6.07) is 14.3. The molecule has 0 saturated carbocycles. The number of nitrogens with one attached hydrogen (secondary N) is 1. The summed E-state index contributed by atoms with van der Waals surface area (Å²) in [5, 5.41) is 14.1. The van der Waals surface area contributed by atoms with Crippen LogP contribution in [0.3, 0.4) is 0 Å². The molecule has 6 nitrogen and oxygen atoms in total. The summed E-state index contributed by atoms with van der Waals surface area (Å²) < 4.78 is 15.8. The van der Waals surface area contributed by atoms with Crippen LogP contribution in [0.5, 0.6) is 5.75 Å². The zero-order valence-corrected chi connectivity index (χ0v) is 16.0. The molecule has 4 N–H and O–H groups in total. The zero-order valence-electron chi connectivity index (χ0n) is 14.4. The maximum absolute atomic E-state index is 10.8. The Hall–Kier alpha value is -1.40. The van der Waals surface area contributed by atoms with Crippen molar-refractivity contribution in [1.82, 2.24) is 5.32 Å². The van der Waals surface area contributed by atoms with E-state index in [0.717, 1.165) is 17.5 Å². The number of hydrogen-bond donors (Lipinski definition) is 4. The summed E-state index contributed by atoms with van der Waals surface area (Å²) in [5.41, 5.74) is 1.81. The Morgan fingerprint density at radius 3 is 2.50 bits per heavy atom. The van der Waals surface area contributed by atoms with Crippen molar-refractivity contribution >= 4 is 19.2 Å². The smallest absolute Gasteiger partial charge is 0.362 e. The lowest BCUT2D eigenvalue weighted by Crippen LogP contribution is -2.32. The first-order valence-corrected chi connectivity index (χ1v) is 10.3. The van der Waals surface area contributed by atoms with Gasteiger partial charge in [0.05, 0.1) is 6.10 Å². The molecule has 0 amide bonds. The molecule has 0 heterocycles. The SMILES string of the molecule is CC(Cc1ccc(OCP(=O)(O)O)cc1)NC[C@H](O)c1cccc(Cl)c1. The lowest BCUT2D eigenvalue weighted by Gasteiger charge is -2.18. The molecule has 0 spiro atoms. The predicted molar refractivity (Wildman–Crippen MR) is 102 cm³/mol. The summed E-state index contributed by atoms with van der Waals surface area (Å²) >= 11 is 5.93. The summed E-state index contributed by atoms with van der Waals surface area (Å²) in [6.07, 6.45) is -0.535. The van der Waals surface area contributed by atoms with E-state index < -0.39 is 20.0 Å². The van der Waals surface area contributed by atoms with Crippen LogP contribution in [0.2, 0.25) is 5.02 Å². The van der Waals surface area contributed by atoms with E-state index in [1.165, 1.54) is 0 Å². The Balaban J connectivity index is 1.80. The molecule has 0 aliphatic carbocycles. The molecule has 0 bridgehead atoms. The summed E-state index contributed by atoms with van der Waals surface area (Å²) in [4.78, 5) is 17.6. The highest BCUT2D eigenvalue weighted by Crippen LogP contribution is 2.34. The van der Waals surface area contributed by atoms with Crippen LogP contribution in [0.15, 0.2) is 48.5 Å². The minimum Gasteiger partial charge on any atom is -0.481 e. The fourth-order valence-electron chi connectivity index (χ4n) is 2.45.